The number of hydrogen-bond donors (Lipinski definition) is 3. The summed E-state index contributed by atoms with van der Waals surface area (Å²) in [4.78, 5) is 21.0. The Morgan fingerprint density at radius 2 is 1.89 bits per heavy atom. The molecule has 0 fully saturated rings. The quantitative estimate of drug-likeness (QED) is 0.518. The summed E-state index contributed by atoms with van der Waals surface area (Å²) in [6.45, 7) is 3.18. The molecule has 7 heteroatoms. The highest BCUT2D eigenvalue weighted by Gasteiger charge is 2.27. The summed E-state index contributed by atoms with van der Waals surface area (Å²) < 4.78 is 0. The highest BCUT2D eigenvalue weighted by Crippen LogP contribution is 2.28. The molecule has 0 aliphatic rings. The van der Waals surface area contributed by atoms with E-state index in [1.807, 2.05) is 0 Å². The number of nitrogens with two attached hydrogens (primary N) is 1. The Bertz CT molecular complexity index is 500. The van der Waals surface area contributed by atoms with Crippen molar-refractivity contribution in [1.82, 2.24) is 0 Å². The Kier molecular flexibility index (Phi) is 4.00. The summed E-state index contributed by atoms with van der Waals surface area (Å²) in [7, 11) is 0. The molecule has 0 aliphatic heterocycles. The maximum Gasteiger partial charge on any atom is 0.272 e. The maximum atomic E-state index is 10.8. The molecule has 0 aliphatic carbocycles. The topological polar surface area (TPSA) is 127 Å². The van der Waals surface area contributed by atoms with Gasteiger partial charge in [-0.3, -0.25) is 14.9 Å². The van der Waals surface area contributed by atoms with Gasteiger partial charge in [0.1, 0.15) is 6.10 Å². The van der Waals surface area contributed by atoms with Crippen LogP contribution in [0.5, 0.6) is 0 Å². The second-order valence-electron chi connectivity index (χ2n) is 4.04. The minimum Gasteiger partial charge on any atom is -0.385 e. The molecule has 0 heterocycles. The lowest BCUT2D eigenvalue weighted by molar-refractivity contribution is -0.385. The van der Waals surface area contributed by atoms with E-state index in [2.05, 4.69) is 0 Å². The van der Waals surface area contributed by atoms with E-state index in [-0.39, 0.29) is 11.3 Å². The molecule has 0 radical (unpaired) electrons. The average molecular weight is 254 g/mol. The Labute approximate surface area is 103 Å². The monoisotopic (exact) mass is 254 g/mol. The first-order valence-electron chi connectivity index (χ1n) is 5.16. The van der Waals surface area contributed by atoms with Crippen LogP contribution in [0.3, 0.4) is 0 Å². The second-order valence-corrected chi connectivity index (χ2v) is 4.04. The average Bonchev–Trinajstić information content (AvgIpc) is 2.26. The molecule has 2 atom stereocenters. The van der Waals surface area contributed by atoms with E-state index in [1.165, 1.54) is 6.07 Å². The minimum atomic E-state index is -1.80. The third-order valence-corrected chi connectivity index (χ3v) is 2.69. The van der Waals surface area contributed by atoms with Crippen molar-refractivity contribution >= 4 is 11.6 Å². The molecule has 1 aromatic rings. The number of benzene rings is 1. The summed E-state index contributed by atoms with van der Waals surface area (Å²) in [6, 6.07) is 2.64. The lowest BCUT2D eigenvalue weighted by Gasteiger charge is -2.17. The number of amides is 1. The predicted molar refractivity (Wildman–Crippen MR) is 62.7 cm³/mol. The van der Waals surface area contributed by atoms with Crippen LogP contribution in [0.25, 0.3) is 0 Å². The van der Waals surface area contributed by atoms with E-state index < -0.39 is 23.0 Å². The number of primary amides is 1. The summed E-state index contributed by atoms with van der Waals surface area (Å²) >= 11 is 0. The van der Waals surface area contributed by atoms with Crippen molar-refractivity contribution in [3.05, 3.63) is 38.9 Å². The zero-order valence-electron chi connectivity index (χ0n) is 9.95. The molecular weight excluding hydrogens is 240 g/mol. The van der Waals surface area contributed by atoms with Crippen molar-refractivity contribution in [2.24, 2.45) is 5.73 Å². The molecule has 0 spiro atoms. The summed E-state index contributed by atoms with van der Waals surface area (Å²) in [6.07, 6.45) is -3.38. The van der Waals surface area contributed by atoms with Crippen molar-refractivity contribution in [2.75, 3.05) is 0 Å². The van der Waals surface area contributed by atoms with Gasteiger partial charge in [-0.2, -0.15) is 0 Å². The van der Waals surface area contributed by atoms with E-state index >= 15 is 0 Å². The van der Waals surface area contributed by atoms with Crippen LogP contribution in [-0.4, -0.2) is 27.1 Å². The van der Waals surface area contributed by atoms with Crippen molar-refractivity contribution in [1.29, 1.82) is 0 Å². The van der Waals surface area contributed by atoms with Gasteiger partial charge in [0.15, 0.2) is 6.10 Å². The van der Waals surface area contributed by atoms with Gasteiger partial charge in [0, 0.05) is 11.6 Å². The van der Waals surface area contributed by atoms with Crippen LogP contribution in [-0.2, 0) is 4.79 Å². The molecule has 7 nitrogen and oxygen atoms in total. The number of nitrogens with zero attached hydrogens (tertiary/aromatic N) is 1. The second kappa shape index (κ2) is 5.11. The molecule has 0 saturated carbocycles. The summed E-state index contributed by atoms with van der Waals surface area (Å²) in [5.74, 6) is -1.09. The van der Waals surface area contributed by atoms with Crippen LogP contribution in [0.4, 0.5) is 5.69 Å². The van der Waals surface area contributed by atoms with Gasteiger partial charge in [-0.15, -0.1) is 0 Å². The van der Waals surface area contributed by atoms with Crippen LogP contribution in [0, 0.1) is 24.0 Å². The maximum absolute atomic E-state index is 10.8. The Balaban J connectivity index is 3.28. The minimum absolute atomic E-state index is 0.110. The van der Waals surface area contributed by atoms with Gasteiger partial charge in [-0.1, -0.05) is 0 Å². The largest absolute Gasteiger partial charge is 0.385 e. The molecule has 1 amide bonds. The third kappa shape index (κ3) is 2.63. The molecular formula is C11H14N2O5. The highest BCUT2D eigenvalue weighted by molar-refractivity contribution is 5.79. The first kappa shape index (κ1) is 14.1. The van der Waals surface area contributed by atoms with E-state index in [4.69, 9.17) is 5.73 Å². The van der Waals surface area contributed by atoms with Crippen molar-refractivity contribution < 1.29 is 19.9 Å². The van der Waals surface area contributed by atoms with Gasteiger partial charge < -0.3 is 15.9 Å². The zero-order valence-corrected chi connectivity index (χ0v) is 9.95. The fraction of sp³-hybridized carbons (Fsp3) is 0.364. The lowest BCUT2D eigenvalue weighted by atomic mass is 9.96. The Hall–Kier alpha value is -1.99. The summed E-state index contributed by atoms with van der Waals surface area (Å²) in [5.41, 5.74) is 5.76. The van der Waals surface area contributed by atoms with E-state index in [1.54, 1.807) is 13.8 Å². The molecule has 0 aromatic heterocycles. The number of carbonyl (C=O) groups is 1. The smallest absolute Gasteiger partial charge is 0.272 e. The first-order valence-corrected chi connectivity index (χ1v) is 5.16. The first-order chi connectivity index (χ1) is 8.25. The number of aryl methyl sites for hydroxylation is 2. The number of nitro groups is 1. The number of aliphatic hydroxyl groups excluding tert-OH is 2. The zero-order chi connectivity index (χ0) is 14.0. The molecule has 4 N–H and O–H groups in total. The van der Waals surface area contributed by atoms with Crippen molar-refractivity contribution in [3.8, 4) is 0 Å². The number of rotatable bonds is 4. The van der Waals surface area contributed by atoms with Crippen LogP contribution in [0.2, 0.25) is 0 Å². The molecule has 1 aromatic carbocycles. The highest BCUT2D eigenvalue weighted by atomic mass is 16.6. The lowest BCUT2D eigenvalue weighted by Crippen LogP contribution is -2.34. The van der Waals surface area contributed by atoms with Gasteiger partial charge >= 0.3 is 0 Å². The SMILES string of the molecule is Cc1cc(C)c([N+](=O)[O-])cc1C(O)C(O)C(N)=O. The van der Waals surface area contributed by atoms with Crippen LogP contribution in [0.1, 0.15) is 22.8 Å². The number of carbonyl (C=O) groups excluding carboxylic acids is 1. The molecule has 98 valence electrons. The van der Waals surface area contributed by atoms with Gasteiger partial charge in [0.05, 0.1) is 4.92 Å². The number of aliphatic hydroxyl groups is 2. The van der Waals surface area contributed by atoms with Crippen molar-refractivity contribution in [2.45, 2.75) is 26.1 Å². The van der Waals surface area contributed by atoms with E-state index in [0.717, 1.165) is 6.07 Å². The fourth-order valence-corrected chi connectivity index (χ4v) is 1.70. The van der Waals surface area contributed by atoms with Crippen LogP contribution < -0.4 is 5.73 Å². The Morgan fingerprint density at radius 1 is 1.33 bits per heavy atom. The standard InChI is InChI=1S/C11H14N2O5/c1-5-3-6(2)8(13(17)18)4-7(5)9(14)10(15)11(12)16/h3-4,9-10,14-15H,1-2H3,(H2,12,16). The van der Waals surface area contributed by atoms with Crippen LogP contribution in [0.15, 0.2) is 12.1 Å². The van der Waals surface area contributed by atoms with E-state index in [0.29, 0.717) is 11.1 Å². The van der Waals surface area contributed by atoms with Gasteiger partial charge in [0.25, 0.3) is 5.69 Å². The number of nitro benzene ring substituents is 1. The molecule has 1 rings (SSSR count). The van der Waals surface area contributed by atoms with Gasteiger partial charge in [-0.05, 0) is 31.0 Å². The molecule has 18 heavy (non-hydrogen) atoms. The van der Waals surface area contributed by atoms with E-state index in [9.17, 15) is 25.1 Å². The predicted octanol–water partition coefficient (Wildman–Crippen LogP) is 0.0912. The Morgan fingerprint density at radius 3 is 2.33 bits per heavy atom. The third-order valence-electron chi connectivity index (χ3n) is 2.69. The number of hydrogen-bond acceptors (Lipinski definition) is 5. The van der Waals surface area contributed by atoms with Crippen molar-refractivity contribution in [3.63, 3.8) is 0 Å². The molecule has 0 bridgehead atoms. The molecule has 2 unspecified atom stereocenters. The fourth-order valence-electron chi connectivity index (χ4n) is 1.70. The summed E-state index contributed by atoms with van der Waals surface area (Å²) in [5, 5.41) is 29.9. The normalized spacial score (nSPS) is 14.0. The molecule has 0 saturated heterocycles. The van der Waals surface area contributed by atoms with Gasteiger partial charge in [-0.25, -0.2) is 0 Å². The van der Waals surface area contributed by atoms with Crippen LogP contribution >= 0.6 is 0 Å². The van der Waals surface area contributed by atoms with Gasteiger partial charge in [0.2, 0.25) is 5.91 Å².